The summed E-state index contributed by atoms with van der Waals surface area (Å²) in [5.41, 5.74) is 0. The SMILES string of the molecule is [Co+2].[O-]O[O-].[O-]O[O-].[Sr+2]. The van der Waals surface area contributed by atoms with Gasteiger partial charge in [0.25, 0.3) is 0 Å². The molecule has 0 amide bonds. The molecule has 0 atom stereocenters. The summed E-state index contributed by atoms with van der Waals surface area (Å²) in [6, 6.07) is 0. The average molecular weight is 243 g/mol. The van der Waals surface area contributed by atoms with E-state index in [0.29, 0.717) is 0 Å². The first-order valence-corrected chi connectivity index (χ1v) is 0.667. The Balaban J connectivity index is -0.0000000160. The summed E-state index contributed by atoms with van der Waals surface area (Å²) in [6.07, 6.45) is 0. The quantitative estimate of drug-likeness (QED) is 0.238. The van der Waals surface area contributed by atoms with Crippen LogP contribution in [0.3, 0.4) is 0 Å². The van der Waals surface area contributed by atoms with E-state index in [2.05, 4.69) is 0 Å². The average Bonchev–Trinajstić information content (AvgIpc) is 1.39. The van der Waals surface area contributed by atoms with E-state index in [4.69, 9.17) is 21.0 Å². The van der Waals surface area contributed by atoms with Crippen molar-refractivity contribution in [1.29, 1.82) is 0 Å². The van der Waals surface area contributed by atoms with Gasteiger partial charge in [-0.1, -0.05) is 0 Å². The molecule has 1 radical (unpaired) electrons. The smallest absolute Gasteiger partial charge is 0.734 e. The maximum atomic E-state index is 7.88. The molecule has 0 bridgehead atoms. The van der Waals surface area contributed by atoms with Gasteiger partial charge in [-0.05, 0) is 0 Å². The van der Waals surface area contributed by atoms with Gasteiger partial charge in [0.1, 0.15) is 0 Å². The number of hydrogen-bond acceptors (Lipinski definition) is 6. The van der Waals surface area contributed by atoms with Crippen molar-refractivity contribution >= 4 is 45.5 Å². The minimum atomic E-state index is 0. The molecule has 0 aliphatic carbocycles. The molecule has 0 fully saturated rings. The predicted molar refractivity (Wildman–Crippen MR) is 7.92 cm³/mol. The molecule has 0 unspecified atom stereocenters. The van der Waals surface area contributed by atoms with Gasteiger partial charge >= 0.3 is 62.3 Å². The van der Waals surface area contributed by atoms with Crippen molar-refractivity contribution in [3.63, 3.8) is 0 Å². The third-order valence-electron chi connectivity index (χ3n) is 0. The minimum absolute atomic E-state index is 0. The molecule has 6 nitrogen and oxygen atoms in total. The molecule has 47 valence electrons. The van der Waals surface area contributed by atoms with Crippen LogP contribution in [-0.4, -0.2) is 45.5 Å². The molecule has 0 saturated carbocycles. The van der Waals surface area contributed by atoms with Gasteiger partial charge in [-0.15, -0.1) is 0 Å². The molecule has 0 spiro atoms. The fourth-order valence-corrected chi connectivity index (χ4v) is 0. The molecule has 0 rings (SSSR count). The van der Waals surface area contributed by atoms with E-state index in [0.717, 1.165) is 0 Å². The number of hydrogen-bond donors (Lipinski definition) is 0. The summed E-state index contributed by atoms with van der Waals surface area (Å²) in [4.78, 5) is 0. The van der Waals surface area contributed by atoms with E-state index in [9.17, 15) is 0 Å². The molecule has 0 N–H and O–H groups in total. The molecule has 8 heavy (non-hydrogen) atoms. The fourth-order valence-electron chi connectivity index (χ4n) is 0. The topological polar surface area (TPSA) is 111 Å². The molecule has 0 aromatic carbocycles. The van der Waals surface area contributed by atoms with Crippen molar-refractivity contribution < 1.29 is 47.9 Å². The van der Waals surface area contributed by atoms with Gasteiger partial charge in [0.2, 0.25) is 0 Å². The van der Waals surface area contributed by atoms with E-state index in [1.165, 1.54) is 0 Å². The van der Waals surface area contributed by atoms with Gasteiger partial charge in [-0.2, -0.15) is 0 Å². The van der Waals surface area contributed by atoms with Crippen LogP contribution in [0, 0.1) is 0 Å². The monoisotopic (exact) mass is 243 g/mol. The zero-order valence-electron chi connectivity index (χ0n) is 3.49. The van der Waals surface area contributed by atoms with Gasteiger partial charge in [0, 0.05) is 0 Å². The van der Waals surface area contributed by atoms with Gasteiger partial charge in [-0.25, -0.2) is 0 Å². The summed E-state index contributed by atoms with van der Waals surface area (Å²) in [6.45, 7) is 0. The molecular formula is CoO6Sr. The first-order chi connectivity index (χ1) is 2.83. The Bertz CT molecular complexity index is 10.5. The summed E-state index contributed by atoms with van der Waals surface area (Å²) >= 11 is 0. The summed E-state index contributed by atoms with van der Waals surface area (Å²) in [5.74, 6) is 0. The molecular weight excluding hydrogens is 243 g/mol. The Kier molecular flexibility index (Phi) is 106. The zero-order chi connectivity index (χ0) is 5.41. The first kappa shape index (κ1) is 22.6. The molecule has 0 aliphatic rings. The van der Waals surface area contributed by atoms with Crippen LogP contribution in [0.1, 0.15) is 0 Å². The standard InChI is InChI=1S/Co.2H2O3.Sr/c;2*1-3-2;/h;2*1-2H;/q+2;;;+2/p-4. The Morgan fingerprint density at radius 1 is 0.750 bits per heavy atom. The van der Waals surface area contributed by atoms with E-state index >= 15 is 0 Å². The van der Waals surface area contributed by atoms with Crippen molar-refractivity contribution in [3.8, 4) is 0 Å². The van der Waals surface area contributed by atoms with E-state index in [1.54, 1.807) is 10.1 Å². The van der Waals surface area contributed by atoms with E-state index < -0.39 is 0 Å². The Morgan fingerprint density at radius 3 is 0.750 bits per heavy atom. The second kappa shape index (κ2) is 37.4. The van der Waals surface area contributed by atoms with Gasteiger partial charge in [0.05, 0.1) is 0 Å². The molecule has 0 aromatic heterocycles. The third-order valence-corrected chi connectivity index (χ3v) is 0. The summed E-state index contributed by atoms with van der Waals surface area (Å²) in [5, 5.41) is 35.0. The van der Waals surface area contributed by atoms with Crippen LogP contribution in [0.15, 0.2) is 0 Å². The number of rotatable bonds is 0. The van der Waals surface area contributed by atoms with Crippen LogP contribution in [0.2, 0.25) is 0 Å². The van der Waals surface area contributed by atoms with Crippen molar-refractivity contribution in [2.75, 3.05) is 0 Å². The minimum Gasteiger partial charge on any atom is -0.734 e. The van der Waals surface area contributed by atoms with Crippen LogP contribution in [0.5, 0.6) is 0 Å². The Morgan fingerprint density at radius 2 is 0.750 bits per heavy atom. The molecule has 8 heteroatoms. The molecule has 0 heterocycles. The van der Waals surface area contributed by atoms with Gasteiger partial charge in [0.15, 0.2) is 0 Å². The van der Waals surface area contributed by atoms with Gasteiger partial charge < -0.3 is 31.1 Å². The summed E-state index contributed by atoms with van der Waals surface area (Å²) in [7, 11) is 0. The maximum absolute atomic E-state index is 7.88. The second-order valence-corrected chi connectivity index (χ2v) is 0.136. The van der Waals surface area contributed by atoms with Crippen LogP contribution in [0.25, 0.3) is 0 Å². The third kappa shape index (κ3) is 116. The predicted octanol–water partition coefficient (Wildman–Crippen LogP) is -5.28. The first-order valence-electron chi connectivity index (χ1n) is 0.667. The zero-order valence-corrected chi connectivity index (χ0v) is 8.01. The molecule has 0 saturated heterocycles. The summed E-state index contributed by atoms with van der Waals surface area (Å²) < 4.78 is 0. The Hall–Kier alpha value is 1.75. The normalized spacial score (nSPS) is 4.50. The maximum Gasteiger partial charge on any atom is 2.00 e. The Labute approximate surface area is 92.2 Å². The van der Waals surface area contributed by atoms with Crippen molar-refractivity contribution in [1.82, 2.24) is 0 Å². The van der Waals surface area contributed by atoms with Crippen LogP contribution < -0.4 is 21.0 Å². The largest absolute Gasteiger partial charge is 2.00 e. The van der Waals surface area contributed by atoms with Crippen LogP contribution in [0.4, 0.5) is 0 Å². The second-order valence-electron chi connectivity index (χ2n) is 0.136. The molecule has 0 aliphatic heterocycles. The van der Waals surface area contributed by atoms with Gasteiger partial charge in [-0.3, -0.25) is 0 Å². The van der Waals surface area contributed by atoms with Crippen molar-refractivity contribution in [3.05, 3.63) is 0 Å². The van der Waals surface area contributed by atoms with Crippen molar-refractivity contribution in [2.45, 2.75) is 0 Å². The van der Waals surface area contributed by atoms with Crippen LogP contribution >= 0.6 is 0 Å². The van der Waals surface area contributed by atoms with Crippen molar-refractivity contribution in [2.24, 2.45) is 0 Å². The fraction of sp³-hybridized carbons (Fsp3) is 0. The molecule has 0 aromatic rings. The van der Waals surface area contributed by atoms with E-state index in [-0.39, 0.29) is 62.3 Å². The van der Waals surface area contributed by atoms with E-state index in [1.807, 2.05) is 0 Å². The van der Waals surface area contributed by atoms with Crippen LogP contribution in [-0.2, 0) is 26.9 Å².